The van der Waals surface area contributed by atoms with Gasteiger partial charge in [0.05, 0.1) is 16.6 Å². The molecule has 0 fully saturated rings. The fourth-order valence-electron chi connectivity index (χ4n) is 1.81. The Labute approximate surface area is 115 Å². The molecule has 2 aromatic rings. The first kappa shape index (κ1) is 13.4. The van der Waals surface area contributed by atoms with Crippen molar-refractivity contribution in [1.29, 1.82) is 5.26 Å². The number of nitriles is 1. The van der Waals surface area contributed by atoms with Crippen molar-refractivity contribution in [2.75, 3.05) is 0 Å². The standard InChI is InChI=1S/C15H14N2OS/c1-11-3-4-12(2)15(7-11)19(18)10-13-5-6-17-14(8-13)9-16/h3-8H,10H2,1-2H3. The summed E-state index contributed by atoms with van der Waals surface area (Å²) in [6.07, 6.45) is 1.58. The number of aryl methyl sites for hydroxylation is 2. The Morgan fingerprint density at radius 1 is 1.26 bits per heavy atom. The van der Waals surface area contributed by atoms with E-state index in [4.69, 9.17) is 5.26 Å². The molecule has 3 nitrogen and oxygen atoms in total. The van der Waals surface area contributed by atoms with E-state index < -0.39 is 10.8 Å². The average Bonchev–Trinajstić information content (AvgIpc) is 2.41. The molecule has 19 heavy (non-hydrogen) atoms. The number of nitrogens with zero attached hydrogens (tertiary/aromatic N) is 2. The first-order valence-electron chi connectivity index (χ1n) is 5.91. The fraction of sp³-hybridized carbons (Fsp3) is 0.200. The molecule has 2 rings (SSSR count). The molecule has 0 N–H and O–H groups in total. The van der Waals surface area contributed by atoms with Gasteiger partial charge in [-0.3, -0.25) is 4.21 Å². The molecule has 1 aromatic heterocycles. The maximum absolute atomic E-state index is 12.4. The molecule has 0 aliphatic heterocycles. The van der Waals surface area contributed by atoms with Gasteiger partial charge < -0.3 is 0 Å². The van der Waals surface area contributed by atoms with Crippen LogP contribution in [0.3, 0.4) is 0 Å². The van der Waals surface area contributed by atoms with Gasteiger partial charge in [-0.2, -0.15) is 5.26 Å². The molecule has 96 valence electrons. The Morgan fingerprint density at radius 2 is 2.05 bits per heavy atom. The highest BCUT2D eigenvalue weighted by molar-refractivity contribution is 7.84. The lowest BCUT2D eigenvalue weighted by molar-refractivity contribution is 0.682. The minimum Gasteiger partial charge on any atom is -0.254 e. The van der Waals surface area contributed by atoms with Crippen LogP contribution in [-0.4, -0.2) is 9.19 Å². The Bertz CT molecular complexity index is 674. The highest BCUT2D eigenvalue weighted by Crippen LogP contribution is 2.18. The first-order chi connectivity index (χ1) is 9.10. The second-order valence-corrected chi connectivity index (χ2v) is 5.84. The summed E-state index contributed by atoms with van der Waals surface area (Å²) in [5.41, 5.74) is 3.35. The molecule has 0 bridgehead atoms. The van der Waals surface area contributed by atoms with E-state index in [1.54, 1.807) is 18.3 Å². The number of hydrogen-bond donors (Lipinski definition) is 0. The summed E-state index contributed by atoms with van der Waals surface area (Å²) >= 11 is 0. The number of hydrogen-bond acceptors (Lipinski definition) is 3. The Morgan fingerprint density at radius 3 is 2.79 bits per heavy atom. The van der Waals surface area contributed by atoms with Gasteiger partial charge >= 0.3 is 0 Å². The third-order valence-corrected chi connectivity index (χ3v) is 4.35. The number of rotatable bonds is 3. The third kappa shape index (κ3) is 3.27. The molecule has 0 amide bonds. The number of aromatic nitrogens is 1. The second-order valence-electron chi connectivity index (χ2n) is 4.42. The van der Waals surface area contributed by atoms with Crippen LogP contribution >= 0.6 is 0 Å². The molecule has 0 aliphatic carbocycles. The molecule has 1 aromatic carbocycles. The first-order valence-corrected chi connectivity index (χ1v) is 7.22. The second kappa shape index (κ2) is 5.77. The van der Waals surface area contributed by atoms with Crippen molar-refractivity contribution in [3.8, 4) is 6.07 Å². The zero-order valence-electron chi connectivity index (χ0n) is 10.9. The Balaban J connectivity index is 2.26. The highest BCUT2D eigenvalue weighted by atomic mass is 32.2. The number of pyridine rings is 1. The molecule has 1 atom stereocenters. The maximum atomic E-state index is 12.4. The zero-order chi connectivity index (χ0) is 13.8. The maximum Gasteiger partial charge on any atom is 0.140 e. The molecule has 4 heteroatoms. The lowest BCUT2D eigenvalue weighted by Crippen LogP contribution is -2.00. The molecular formula is C15H14N2OS. The van der Waals surface area contributed by atoms with Gasteiger partial charge in [0, 0.05) is 11.1 Å². The quantitative estimate of drug-likeness (QED) is 0.861. The van der Waals surface area contributed by atoms with Crippen LogP contribution in [0.25, 0.3) is 0 Å². The van der Waals surface area contributed by atoms with Crippen molar-refractivity contribution in [3.05, 3.63) is 58.9 Å². The molecule has 0 radical (unpaired) electrons. The fourth-order valence-corrected chi connectivity index (χ4v) is 3.19. The monoisotopic (exact) mass is 270 g/mol. The van der Waals surface area contributed by atoms with E-state index in [1.165, 1.54) is 0 Å². The van der Waals surface area contributed by atoms with Gasteiger partial charge in [-0.15, -0.1) is 0 Å². The topological polar surface area (TPSA) is 53.8 Å². The zero-order valence-corrected chi connectivity index (χ0v) is 11.7. The molecule has 0 aliphatic rings. The van der Waals surface area contributed by atoms with Gasteiger partial charge in [-0.1, -0.05) is 12.1 Å². The summed E-state index contributed by atoms with van der Waals surface area (Å²) in [6, 6.07) is 11.4. The van der Waals surface area contributed by atoms with Crippen LogP contribution in [0.2, 0.25) is 0 Å². The van der Waals surface area contributed by atoms with Gasteiger partial charge in [-0.05, 0) is 48.7 Å². The summed E-state index contributed by atoms with van der Waals surface area (Å²) < 4.78 is 12.4. The van der Waals surface area contributed by atoms with Crippen molar-refractivity contribution < 1.29 is 4.21 Å². The average molecular weight is 270 g/mol. The van der Waals surface area contributed by atoms with Crippen LogP contribution in [0.1, 0.15) is 22.4 Å². The van der Waals surface area contributed by atoms with Gasteiger partial charge in [0.25, 0.3) is 0 Å². The lowest BCUT2D eigenvalue weighted by Gasteiger charge is -2.07. The smallest absolute Gasteiger partial charge is 0.140 e. The molecule has 1 heterocycles. The van der Waals surface area contributed by atoms with Crippen molar-refractivity contribution in [2.45, 2.75) is 24.5 Å². The predicted octanol–water partition coefficient (Wildman–Crippen LogP) is 2.88. The van der Waals surface area contributed by atoms with Crippen LogP contribution in [-0.2, 0) is 16.6 Å². The van der Waals surface area contributed by atoms with Crippen LogP contribution in [0.5, 0.6) is 0 Å². The normalized spacial score (nSPS) is 11.8. The van der Waals surface area contributed by atoms with Crippen LogP contribution in [0.4, 0.5) is 0 Å². The van der Waals surface area contributed by atoms with Crippen molar-refractivity contribution in [1.82, 2.24) is 4.98 Å². The minimum absolute atomic E-state index is 0.357. The predicted molar refractivity (Wildman–Crippen MR) is 75.0 cm³/mol. The molecule has 0 saturated heterocycles. The van der Waals surface area contributed by atoms with Gasteiger partial charge in [0.15, 0.2) is 0 Å². The Kier molecular flexibility index (Phi) is 4.08. The molecule has 0 spiro atoms. The van der Waals surface area contributed by atoms with E-state index in [1.807, 2.05) is 38.1 Å². The van der Waals surface area contributed by atoms with Gasteiger partial charge in [0.2, 0.25) is 0 Å². The largest absolute Gasteiger partial charge is 0.254 e. The summed E-state index contributed by atoms with van der Waals surface area (Å²) in [5.74, 6) is 0.404. The summed E-state index contributed by atoms with van der Waals surface area (Å²) in [7, 11) is -1.10. The summed E-state index contributed by atoms with van der Waals surface area (Å²) in [4.78, 5) is 4.77. The minimum atomic E-state index is -1.10. The van der Waals surface area contributed by atoms with Crippen molar-refractivity contribution in [3.63, 3.8) is 0 Å². The number of benzene rings is 1. The van der Waals surface area contributed by atoms with E-state index in [0.717, 1.165) is 21.6 Å². The van der Waals surface area contributed by atoms with Crippen molar-refractivity contribution >= 4 is 10.8 Å². The Hall–Kier alpha value is -1.99. The molecule has 0 saturated carbocycles. The van der Waals surface area contributed by atoms with E-state index in [9.17, 15) is 4.21 Å². The third-order valence-electron chi connectivity index (χ3n) is 2.83. The van der Waals surface area contributed by atoms with E-state index >= 15 is 0 Å². The van der Waals surface area contributed by atoms with Crippen LogP contribution < -0.4 is 0 Å². The molecular weight excluding hydrogens is 256 g/mol. The lowest BCUT2D eigenvalue weighted by atomic mass is 10.2. The summed E-state index contributed by atoms with van der Waals surface area (Å²) in [6.45, 7) is 3.94. The molecule has 1 unspecified atom stereocenters. The SMILES string of the molecule is Cc1ccc(C)c(S(=O)Cc2ccnc(C#N)c2)c1. The van der Waals surface area contributed by atoms with Crippen molar-refractivity contribution in [2.24, 2.45) is 0 Å². The van der Waals surface area contributed by atoms with E-state index in [2.05, 4.69) is 4.98 Å². The van der Waals surface area contributed by atoms with Crippen LogP contribution in [0.15, 0.2) is 41.4 Å². The van der Waals surface area contributed by atoms with E-state index in [-0.39, 0.29) is 0 Å². The highest BCUT2D eigenvalue weighted by Gasteiger charge is 2.09. The van der Waals surface area contributed by atoms with Gasteiger partial charge in [0.1, 0.15) is 11.8 Å². The van der Waals surface area contributed by atoms with E-state index in [0.29, 0.717) is 11.4 Å². The van der Waals surface area contributed by atoms with Gasteiger partial charge in [-0.25, -0.2) is 4.98 Å². The summed E-state index contributed by atoms with van der Waals surface area (Å²) in [5, 5.41) is 8.81. The van der Waals surface area contributed by atoms with Crippen LogP contribution in [0, 0.1) is 25.2 Å².